The molecule has 1 amide bonds. The van der Waals surface area contributed by atoms with E-state index in [2.05, 4.69) is 0 Å². The second-order valence-electron chi connectivity index (χ2n) is 1.41. The van der Waals surface area contributed by atoms with E-state index < -0.39 is 12.5 Å². The zero-order chi connectivity index (χ0) is 6.73. The maximum Gasteiger partial charge on any atom is 0.317 e. The Hall–Kier alpha value is -0.670. The summed E-state index contributed by atoms with van der Waals surface area (Å²) in [7, 11) is 1.05. The molecule has 0 aromatic carbocycles. The highest BCUT2D eigenvalue weighted by molar-refractivity contribution is 5.72. The fourth-order valence-corrected chi connectivity index (χ4v) is 0.137. The molecule has 0 heterocycles. The first-order valence-electron chi connectivity index (χ1n) is 2.07. The highest BCUT2D eigenvalue weighted by Crippen LogP contribution is 1.97. The van der Waals surface area contributed by atoms with Gasteiger partial charge in [-0.1, -0.05) is 0 Å². The molecule has 0 saturated carbocycles. The van der Waals surface area contributed by atoms with Crippen LogP contribution in [0.3, 0.4) is 0 Å². The van der Waals surface area contributed by atoms with Gasteiger partial charge in [-0.25, -0.2) is 0 Å². The van der Waals surface area contributed by atoms with Gasteiger partial charge in [0.1, 0.15) is 0 Å². The average Bonchev–Trinajstić information content (AvgIpc) is 1.64. The summed E-state index contributed by atoms with van der Waals surface area (Å²) in [6.45, 7) is -1.58. The molecule has 0 fully saturated rings. The molecule has 0 N–H and O–H groups in total. The van der Waals surface area contributed by atoms with Crippen LogP contribution < -0.4 is 0 Å². The van der Waals surface area contributed by atoms with Crippen LogP contribution in [0.2, 0.25) is 0 Å². The lowest BCUT2D eigenvalue weighted by molar-refractivity contribution is -0.139. The Morgan fingerprint density at radius 3 is 2.00 bits per heavy atom. The lowest BCUT2D eigenvalue weighted by Gasteiger charge is -2.11. The number of halogens is 2. The van der Waals surface area contributed by atoms with Crippen molar-refractivity contribution in [2.24, 2.45) is 0 Å². The van der Waals surface area contributed by atoms with Gasteiger partial charge in [-0.15, -0.1) is 0 Å². The van der Waals surface area contributed by atoms with Crippen molar-refractivity contribution in [1.29, 1.82) is 0 Å². The molecule has 0 aromatic rings. The van der Waals surface area contributed by atoms with Gasteiger partial charge in [0.2, 0.25) is 5.91 Å². The summed E-state index contributed by atoms with van der Waals surface area (Å²) in [5.74, 6) is -0.625. The van der Waals surface area contributed by atoms with Gasteiger partial charge >= 0.3 is 6.55 Å². The first kappa shape index (κ1) is 7.33. The number of carbonyl (C=O) groups excluding carboxylic acids is 1. The van der Waals surface area contributed by atoms with Crippen molar-refractivity contribution >= 4 is 5.91 Å². The Morgan fingerprint density at radius 2 is 2.00 bits per heavy atom. The minimum atomic E-state index is -2.67. The summed E-state index contributed by atoms with van der Waals surface area (Å²) in [5, 5.41) is 0. The van der Waals surface area contributed by atoms with Crippen molar-refractivity contribution in [2.75, 3.05) is 7.05 Å². The Balaban J connectivity index is 3.64. The van der Waals surface area contributed by atoms with Crippen molar-refractivity contribution < 1.29 is 13.6 Å². The Labute approximate surface area is 46.1 Å². The molecule has 0 radical (unpaired) electrons. The summed E-state index contributed by atoms with van der Waals surface area (Å²) in [5.41, 5.74) is 0. The fourth-order valence-electron chi connectivity index (χ4n) is 0.137. The van der Waals surface area contributed by atoms with Gasteiger partial charge in [0.15, 0.2) is 0 Å². The lowest BCUT2D eigenvalue weighted by atomic mass is 10.6. The van der Waals surface area contributed by atoms with E-state index in [1.165, 1.54) is 0 Å². The highest BCUT2D eigenvalue weighted by Gasteiger charge is 2.11. The summed E-state index contributed by atoms with van der Waals surface area (Å²) >= 11 is 0. The van der Waals surface area contributed by atoms with Crippen molar-refractivity contribution in [3.05, 3.63) is 0 Å². The SMILES string of the molecule is CC(=O)N(C)C(F)F. The van der Waals surface area contributed by atoms with Crippen LogP contribution >= 0.6 is 0 Å². The largest absolute Gasteiger partial charge is 0.317 e. The van der Waals surface area contributed by atoms with E-state index in [-0.39, 0.29) is 0 Å². The predicted octanol–water partition coefficient (Wildman–Crippen LogP) is 0.687. The number of hydrogen-bond donors (Lipinski definition) is 0. The second-order valence-corrected chi connectivity index (χ2v) is 1.41. The number of nitrogens with zero attached hydrogens (tertiary/aromatic N) is 1. The normalized spacial score (nSPS) is 9.62. The van der Waals surface area contributed by atoms with Gasteiger partial charge in [0.25, 0.3) is 0 Å². The molecule has 4 heteroatoms. The molecule has 2 nitrogen and oxygen atoms in total. The van der Waals surface area contributed by atoms with E-state index in [0.29, 0.717) is 4.90 Å². The van der Waals surface area contributed by atoms with Gasteiger partial charge in [-0.2, -0.15) is 8.78 Å². The molecule has 0 atom stereocenters. The van der Waals surface area contributed by atoms with Gasteiger partial charge in [0.05, 0.1) is 0 Å². The second kappa shape index (κ2) is 2.59. The van der Waals surface area contributed by atoms with Crippen LogP contribution in [0.1, 0.15) is 6.92 Å². The highest BCUT2D eigenvalue weighted by atomic mass is 19.3. The third-order valence-corrected chi connectivity index (χ3v) is 0.789. The number of amides is 1. The minimum Gasteiger partial charge on any atom is -0.290 e. The van der Waals surface area contributed by atoms with Crippen LogP contribution in [0.4, 0.5) is 8.78 Å². The van der Waals surface area contributed by atoms with E-state index >= 15 is 0 Å². The van der Waals surface area contributed by atoms with Crippen LogP contribution in [0.15, 0.2) is 0 Å². The molecule has 0 saturated heterocycles. The zero-order valence-corrected chi connectivity index (χ0v) is 4.69. The predicted molar refractivity (Wildman–Crippen MR) is 24.4 cm³/mol. The van der Waals surface area contributed by atoms with Crippen LogP contribution in [0.25, 0.3) is 0 Å². The van der Waals surface area contributed by atoms with Gasteiger partial charge in [-0.05, 0) is 0 Å². The van der Waals surface area contributed by atoms with Gasteiger partial charge in [0, 0.05) is 14.0 Å². The Kier molecular flexibility index (Phi) is 2.37. The molecule has 0 aromatic heterocycles. The van der Waals surface area contributed by atoms with Gasteiger partial charge in [-0.3, -0.25) is 9.69 Å². The molecule has 0 bridgehead atoms. The van der Waals surface area contributed by atoms with Crippen molar-refractivity contribution in [3.8, 4) is 0 Å². The number of hydrogen-bond acceptors (Lipinski definition) is 1. The number of alkyl halides is 2. The maximum atomic E-state index is 11.4. The molecular weight excluding hydrogens is 116 g/mol. The fraction of sp³-hybridized carbons (Fsp3) is 0.750. The van der Waals surface area contributed by atoms with Crippen LogP contribution in [-0.2, 0) is 4.79 Å². The Morgan fingerprint density at radius 1 is 1.62 bits per heavy atom. The van der Waals surface area contributed by atoms with E-state index in [0.717, 1.165) is 14.0 Å². The minimum absolute atomic E-state index is 0.361. The molecule has 0 rings (SSSR count). The summed E-state index contributed by atoms with van der Waals surface area (Å²) < 4.78 is 22.8. The number of carbonyl (C=O) groups is 1. The van der Waals surface area contributed by atoms with E-state index in [9.17, 15) is 13.6 Å². The van der Waals surface area contributed by atoms with E-state index in [1.807, 2.05) is 0 Å². The zero-order valence-electron chi connectivity index (χ0n) is 4.69. The number of rotatable bonds is 1. The molecule has 48 valence electrons. The molecule has 8 heavy (non-hydrogen) atoms. The third kappa shape index (κ3) is 1.86. The molecule has 0 spiro atoms. The first-order valence-corrected chi connectivity index (χ1v) is 2.07. The standard InChI is InChI=1S/C4H7F2NO/c1-3(8)7(2)4(5)6/h4H,1-2H3. The molecule has 0 unspecified atom stereocenters. The summed E-state index contributed by atoms with van der Waals surface area (Å²) in [6.07, 6.45) is 0. The van der Waals surface area contributed by atoms with Crippen LogP contribution in [-0.4, -0.2) is 24.4 Å². The van der Waals surface area contributed by atoms with Crippen molar-refractivity contribution in [3.63, 3.8) is 0 Å². The van der Waals surface area contributed by atoms with Gasteiger partial charge < -0.3 is 0 Å². The molecular formula is C4H7F2NO. The van der Waals surface area contributed by atoms with Crippen LogP contribution in [0.5, 0.6) is 0 Å². The Bertz CT molecular complexity index is 94.0. The summed E-state index contributed by atoms with van der Waals surface area (Å²) in [4.78, 5) is 10.4. The topological polar surface area (TPSA) is 20.3 Å². The maximum absolute atomic E-state index is 11.4. The quantitative estimate of drug-likeness (QED) is 0.470. The lowest BCUT2D eigenvalue weighted by Crippen LogP contribution is -2.28. The van der Waals surface area contributed by atoms with Crippen molar-refractivity contribution in [2.45, 2.75) is 13.5 Å². The van der Waals surface area contributed by atoms with E-state index in [1.54, 1.807) is 0 Å². The van der Waals surface area contributed by atoms with Crippen LogP contribution in [0, 0.1) is 0 Å². The van der Waals surface area contributed by atoms with E-state index in [4.69, 9.17) is 0 Å². The monoisotopic (exact) mass is 123 g/mol. The third-order valence-electron chi connectivity index (χ3n) is 0.789. The molecule has 0 aliphatic carbocycles. The average molecular weight is 123 g/mol. The molecule has 0 aliphatic rings. The smallest absolute Gasteiger partial charge is 0.290 e. The van der Waals surface area contributed by atoms with Crippen molar-refractivity contribution in [1.82, 2.24) is 4.90 Å². The first-order chi connectivity index (χ1) is 3.55. The summed E-state index contributed by atoms with van der Waals surface area (Å²) in [6, 6.07) is 0. The molecule has 0 aliphatic heterocycles.